The first-order chi connectivity index (χ1) is 14.9. The van der Waals surface area contributed by atoms with E-state index in [0.717, 1.165) is 21.2 Å². The number of aromatic nitrogens is 2. The molecule has 2 aromatic heterocycles. The number of carbonyl (C=O) groups excluding carboxylic acids is 2. The van der Waals surface area contributed by atoms with Crippen molar-refractivity contribution in [3.8, 4) is 0 Å². The minimum absolute atomic E-state index is 0.0262. The molecule has 3 atom stereocenters. The van der Waals surface area contributed by atoms with Gasteiger partial charge in [0.05, 0.1) is 5.92 Å². The molecule has 1 saturated heterocycles. The van der Waals surface area contributed by atoms with Crippen LogP contribution in [0.1, 0.15) is 30.4 Å². The number of rotatable bonds is 6. The molecule has 4 rings (SSSR count). The van der Waals surface area contributed by atoms with Crippen molar-refractivity contribution in [3.63, 3.8) is 0 Å². The van der Waals surface area contributed by atoms with Crippen LogP contribution in [-0.4, -0.2) is 43.8 Å². The number of carbonyl (C=O) groups is 3. The van der Waals surface area contributed by atoms with Crippen molar-refractivity contribution >= 4 is 34.4 Å². The summed E-state index contributed by atoms with van der Waals surface area (Å²) >= 11 is 0. The van der Waals surface area contributed by atoms with E-state index in [-0.39, 0.29) is 18.8 Å². The number of pyridine rings is 2. The van der Waals surface area contributed by atoms with Crippen LogP contribution in [0, 0.1) is 5.92 Å². The molecule has 0 bridgehead atoms. The number of anilines is 1. The maximum absolute atomic E-state index is 12.9. The zero-order valence-electron chi connectivity index (χ0n) is 16.9. The molecule has 3 heterocycles. The van der Waals surface area contributed by atoms with E-state index in [1.165, 1.54) is 6.20 Å². The van der Waals surface area contributed by atoms with Crippen molar-refractivity contribution in [2.75, 3.05) is 5.73 Å². The predicted octanol–water partition coefficient (Wildman–Crippen LogP) is 2.39. The van der Waals surface area contributed by atoms with Crippen LogP contribution in [-0.2, 0) is 20.8 Å². The molecule has 0 saturated carbocycles. The van der Waals surface area contributed by atoms with Crippen molar-refractivity contribution in [3.05, 3.63) is 66.1 Å². The van der Waals surface area contributed by atoms with Gasteiger partial charge in [0, 0.05) is 30.4 Å². The summed E-state index contributed by atoms with van der Waals surface area (Å²) in [5.74, 6) is -2.87. The summed E-state index contributed by atoms with van der Waals surface area (Å²) in [4.78, 5) is 46.4. The van der Waals surface area contributed by atoms with E-state index in [1.807, 2.05) is 31.2 Å². The number of aliphatic carboxylic acids is 1. The first-order valence-electron chi connectivity index (χ1n) is 9.98. The molecule has 0 spiro atoms. The Morgan fingerprint density at radius 2 is 2.03 bits per heavy atom. The van der Waals surface area contributed by atoms with Gasteiger partial charge in [-0.05, 0) is 47.1 Å². The standard InChI is InChI=1S/C23H22N4O4/c1-13(16-4-2-3-15-6-7-25-12-18(15)16)9-20(28)27-21(23(30)31)17(22(27)29)10-14-5-8-26-19(24)11-14/h2-8,11-13,17,21H,9-10H2,1H3,(H2,24,26)(H,30,31)/t13-,17+,21-/m0/s1. The molecule has 0 radical (unpaired) electrons. The van der Waals surface area contributed by atoms with Gasteiger partial charge < -0.3 is 10.8 Å². The zero-order valence-corrected chi connectivity index (χ0v) is 16.9. The van der Waals surface area contributed by atoms with Gasteiger partial charge in [0.1, 0.15) is 11.9 Å². The Kier molecular flexibility index (Phi) is 5.37. The summed E-state index contributed by atoms with van der Waals surface area (Å²) in [6.45, 7) is 1.89. The fourth-order valence-electron chi connectivity index (χ4n) is 4.22. The van der Waals surface area contributed by atoms with Crippen LogP contribution >= 0.6 is 0 Å². The lowest BCUT2D eigenvalue weighted by molar-refractivity contribution is -0.177. The van der Waals surface area contributed by atoms with Crippen LogP contribution < -0.4 is 5.73 Å². The second-order valence-corrected chi connectivity index (χ2v) is 7.83. The summed E-state index contributed by atoms with van der Waals surface area (Å²) in [6, 6.07) is 9.79. The van der Waals surface area contributed by atoms with Gasteiger partial charge >= 0.3 is 5.97 Å². The van der Waals surface area contributed by atoms with Crippen molar-refractivity contribution < 1.29 is 19.5 Å². The van der Waals surface area contributed by atoms with Crippen LogP contribution in [0.5, 0.6) is 0 Å². The van der Waals surface area contributed by atoms with E-state index in [9.17, 15) is 19.5 Å². The Morgan fingerprint density at radius 3 is 2.77 bits per heavy atom. The number of nitrogens with zero attached hydrogens (tertiary/aromatic N) is 3. The van der Waals surface area contributed by atoms with Crippen LogP contribution in [0.4, 0.5) is 5.82 Å². The highest BCUT2D eigenvalue weighted by molar-refractivity contribution is 6.08. The summed E-state index contributed by atoms with van der Waals surface area (Å²) in [5.41, 5.74) is 7.31. The van der Waals surface area contributed by atoms with E-state index < -0.39 is 29.7 Å². The smallest absolute Gasteiger partial charge is 0.327 e. The number of amides is 2. The molecule has 3 N–H and O–H groups in total. The number of hydrogen-bond donors (Lipinski definition) is 2. The van der Waals surface area contributed by atoms with Crippen molar-refractivity contribution in [1.29, 1.82) is 0 Å². The van der Waals surface area contributed by atoms with Crippen molar-refractivity contribution in [2.45, 2.75) is 31.7 Å². The van der Waals surface area contributed by atoms with Gasteiger partial charge in [-0.25, -0.2) is 9.78 Å². The van der Waals surface area contributed by atoms with E-state index in [0.29, 0.717) is 11.4 Å². The highest BCUT2D eigenvalue weighted by Gasteiger charge is 2.54. The van der Waals surface area contributed by atoms with Crippen LogP contribution in [0.15, 0.2) is 55.0 Å². The molecule has 158 valence electrons. The summed E-state index contributed by atoms with van der Waals surface area (Å²) < 4.78 is 0. The first kappa shape index (κ1) is 20.5. The normalized spacial score (nSPS) is 19.1. The van der Waals surface area contributed by atoms with Gasteiger partial charge in [-0.3, -0.25) is 19.5 Å². The number of fused-ring (bicyclic) bond motifs is 1. The van der Waals surface area contributed by atoms with Gasteiger partial charge in [-0.1, -0.05) is 25.1 Å². The maximum atomic E-state index is 12.9. The van der Waals surface area contributed by atoms with Crippen LogP contribution in [0.25, 0.3) is 10.8 Å². The van der Waals surface area contributed by atoms with Crippen molar-refractivity contribution in [2.24, 2.45) is 5.92 Å². The molecule has 1 aliphatic heterocycles. The Labute approximate surface area is 178 Å². The fourth-order valence-corrected chi connectivity index (χ4v) is 4.22. The lowest BCUT2D eigenvalue weighted by atomic mass is 9.81. The number of nitrogens with two attached hydrogens (primary N) is 1. The van der Waals surface area contributed by atoms with E-state index in [4.69, 9.17) is 5.73 Å². The Balaban J connectivity index is 1.51. The second kappa shape index (κ2) is 8.14. The Bertz CT molecular complexity index is 1170. The highest BCUT2D eigenvalue weighted by atomic mass is 16.4. The number of hydrogen-bond acceptors (Lipinski definition) is 6. The number of carboxylic acid groups (broad SMARTS) is 1. The monoisotopic (exact) mass is 418 g/mol. The number of imide groups is 1. The molecule has 8 heteroatoms. The summed E-state index contributed by atoms with van der Waals surface area (Å²) in [7, 11) is 0. The molecule has 1 aromatic carbocycles. The molecule has 1 aliphatic rings. The molecule has 0 unspecified atom stereocenters. The van der Waals surface area contributed by atoms with Gasteiger partial charge in [-0.2, -0.15) is 0 Å². The molecular weight excluding hydrogens is 396 g/mol. The molecule has 8 nitrogen and oxygen atoms in total. The van der Waals surface area contributed by atoms with E-state index in [2.05, 4.69) is 9.97 Å². The molecular formula is C23H22N4O4. The largest absolute Gasteiger partial charge is 0.480 e. The highest BCUT2D eigenvalue weighted by Crippen LogP contribution is 2.34. The predicted molar refractivity (Wildman–Crippen MR) is 114 cm³/mol. The number of benzene rings is 1. The second-order valence-electron chi connectivity index (χ2n) is 7.83. The van der Waals surface area contributed by atoms with Gasteiger partial charge in [0.2, 0.25) is 11.8 Å². The fraction of sp³-hybridized carbons (Fsp3) is 0.261. The number of carboxylic acids is 1. The van der Waals surface area contributed by atoms with Gasteiger partial charge in [-0.15, -0.1) is 0 Å². The van der Waals surface area contributed by atoms with Gasteiger partial charge in [0.15, 0.2) is 0 Å². The summed E-state index contributed by atoms with van der Waals surface area (Å²) in [6.07, 6.45) is 5.17. The quantitative estimate of drug-likeness (QED) is 0.589. The lowest BCUT2D eigenvalue weighted by Crippen LogP contribution is -2.66. The maximum Gasteiger partial charge on any atom is 0.327 e. The number of nitrogen functional groups attached to an aromatic ring is 1. The Hall–Kier alpha value is -3.81. The first-order valence-corrected chi connectivity index (χ1v) is 9.98. The topological polar surface area (TPSA) is 126 Å². The average molecular weight is 418 g/mol. The van der Waals surface area contributed by atoms with Crippen LogP contribution in [0.2, 0.25) is 0 Å². The zero-order chi connectivity index (χ0) is 22.1. The SMILES string of the molecule is C[C@@H](CC(=O)N1C(=O)[C@H](Cc2ccnc(N)c2)[C@H]1C(=O)O)c1cccc2ccncc12. The van der Waals surface area contributed by atoms with Gasteiger partial charge in [0.25, 0.3) is 0 Å². The van der Waals surface area contributed by atoms with E-state index in [1.54, 1.807) is 24.5 Å². The minimum Gasteiger partial charge on any atom is -0.480 e. The number of β-lactam (4-membered cyclic amide) rings is 1. The third-order valence-corrected chi connectivity index (χ3v) is 5.77. The average Bonchev–Trinajstić information content (AvgIpc) is 2.74. The summed E-state index contributed by atoms with van der Waals surface area (Å²) in [5, 5.41) is 11.6. The van der Waals surface area contributed by atoms with Crippen molar-refractivity contribution in [1.82, 2.24) is 14.9 Å². The van der Waals surface area contributed by atoms with Crippen LogP contribution in [0.3, 0.4) is 0 Å². The molecule has 1 fully saturated rings. The molecule has 3 aromatic rings. The molecule has 31 heavy (non-hydrogen) atoms. The molecule has 0 aliphatic carbocycles. The lowest BCUT2D eigenvalue weighted by Gasteiger charge is -2.43. The Morgan fingerprint density at radius 1 is 1.23 bits per heavy atom. The number of likely N-dealkylation sites (tertiary alicyclic amines) is 1. The third kappa shape index (κ3) is 3.84. The third-order valence-electron chi connectivity index (χ3n) is 5.77. The van der Waals surface area contributed by atoms with E-state index >= 15 is 0 Å². The minimum atomic E-state index is -1.19. The molecule has 2 amide bonds.